The Morgan fingerprint density at radius 3 is 3.09 bits per heavy atom. The van der Waals surface area contributed by atoms with Crippen molar-refractivity contribution in [2.45, 2.75) is 25.9 Å². The molecule has 1 heterocycles. The van der Waals surface area contributed by atoms with Crippen LogP contribution in [-0.2, 0) is 4.74 Å². The van der Waals surface area contributed by atoms with Crippen molar-refractivity contribution in [3.8, 4) is 0 Å². The number of hydrogen-bond donors (Lipinski definition) is 1. The molecule has 64 valence electrons. The van der Waals surface area contributed by atoms with E-state index in [1.165, 1.54) is 5.57 Å². The second kappa shape index (κ2) is 4.52. The van der Waals surface area contributed by atoms with E-state index in [1.807, 2.05) is 0 Å². The minimum atomic E-state index is 0.429. The molecule has 0 radical (unpaired) electrons. The summed E-state index contributed by atoms with van der Waals surface area (Å²) in [5, 5.41) is 3.26. The van der Waals surface area contributed by atoms with Gasteiger partial charge in [-0.15, -0.1) is 0 Å². The number of rotatable bonds is 4. The van der Waals surface area contributed by atoms with Gasteiger partial charge in [-0.05, 0) is 19.4 Å². The Bertz CT molecular complexity index is 128. The van der Waals surface area contributed by atoms with Crippen molar-refractivity contribution in [1.82, 2.24) is 5.32 Å². The SMILES string of the molecule is C=C(CC)COC1CCNC1. The lowest BCUT2D eigenvalue weighted by molar-refractivity contribution is 0.0836. The Morgan fingerprint density at radius 1 is 1.73 bits per heavy atom. The highest BCUT2D eigenvalue weighted by atomic mass is 16.5. The van der Waals surface area contributed by atoms with Gasteiger partial charge in [0.25, 0.3) is 0 Å². The van der Waals surface area contributed by atoms with Crippen molar-refractivity contribution in [3.05, 3.63) is 12.2 Å². The zero-order valence-corrected chi connectivity index (χ0v) is 7.23. The van der Waals surface area contributed by atoms with Crippen molar-refractivity contribution in [2.75, 3.05) is 19.7 Å². The molecule has 1 saturated heterocycles. The maximum Gasteiger partial charge on any atom is 0.0715 e. The normalized spacial score (nSPS) is 23.9. The molecule has 1 aliphatic heterocycles. The summed E-state index contributed by atoms with van der Waals surface area (Å²) in [5.74, 6) is 0. The molecule has 1 atom stereocenters. The Labute approximate surface area is 68.6 Å². The average molecular weight is 155 g/mol. The van der Waals surface area contributed by atoms with Gasteiger partial charge < -0.3 is 10.1 Å². The van der Waals surface area contributed by atoms with Crippen LogP contribution in [0.2, 0.25) is 0 Å². The molecular weight excluding hydrogens is 138 g/mol. The van der Waals surface area contributed by atoms with Gasteiger partial charge in [-0.3, -0.25) is 0 Å². The molecule has 2 heteroatoms. The topological polar surface area (TPSA) is 21.3 Å². The number of hydrogen-bond acceptors (Lipinski definition) is 2. The van der Waals surface area contributed by atoms with Gasteiger partial charge >= 0.3 is 0 Å². The van der Waals surface area contributed by atoms with E-state index in [-0.39, 0.29) is 0 Å². The molecule has 11 heavy (non-hydrogen) atoms. The highest BCUT2D eigenvalue weighted by Gasteiger charge is 2.13. The lowest BCUT2D eigenvalue weighted by Crippen LogP contribution is -2.17. The maximum absolute atomic E-state index is 5.59. The van der Waals surface area contributed by atoms with Crippen molar-refractivity contribution in [1.29, 1.82) is 0 Å². The van der Waals surface area contributed by atoms with Crippen LogP contribution in [0, 0.1) is 0 Å². The lowest BCUT2D eigenvalue weighted by atomic mass is 10.2. The fourth-order valence-corrected chi connectivity index (χ4v) is 1.11. The summed E-state index contributed by atoms with van der Waals surface area (Å²) in [6.45, 7) is 8.85. The first-order valence-electron chi connectivity index (χ1n) is 4.32. The van der Waals surface area contributed by atoms with Crippen molar-refractivity contribution >= 4 is 0 Å². The summed E-state index contributed by atoms with van der Waals surface area (Å²) >= 11 is 0. The van der Waals surface area contributed by atoms with Crippen LogP contribution >= 0.6 is 0 Å². The van der Waals surface area contributed by atoms with Crippen LogP contribution in [0.15, 0.2) is 12.2 Å². The highest BCUT2D eigenvalue weighted by Crippen LogP contribution is 2.06. The van der Waals surface area contributed by atoms with Gasteiger partial charge in [0, 0.05) is 6.54 Å². The molecular formula is C9H17NO. The predicted molar refractivity (Wildman–Crippen MR) is 46.7 cm³/mol. The summed E-state index contributed by atoms with van der Waals surface area (Å²) < 4.78 is 5.59. The van der Waals surface area contributed by atoms with Gasteiger partial charge in [-0.25, -0.2) is 0 Å². The third-order valence-electron chi connectivity index (χ3n) is 2.04. The van der Waals surface area contributed by atoms with Crippen LogP contribution in [0.25, 0.3) is 0 Å². The van der Waals surface area contributed by atoms with Crippen LogP contribution < -0.4 is 5.32 Å². The molecule has 1 fully saturated rings. The molecule has 0 spiro atoms. The molecule has 0 bridgehead atoms. The first-order chi connectivity index (χ1) is 5.33. The van der Waals surface area contributed by atoms with Crippen LogP contribution in [0.1, 0.15) is 19.8 Å². The molecule has 0 amide bonds. The summed E-state index contributed by atoms with van der Waals surface area (Å²) in [7, 11) is 0. The van der Waals surface area contributed by atoms with Crippen molar-refractivity contribution in [2.24, 2.45) is 0 Å². The van der Waals surface area contributed by atoms with Crippen molar-refractivity contribution in [3.63, 3.8) is 0 Å². The van der Waals surface area contributed by atoms with Crippen molar-refractivity contribution < 1.29 is 4.74 Å². The number of nitrogens with one attached hydrogen (secondary N) is 1. The smallest absolute Gasteiger partial charge is 0.0715 e. The fraction of sp³-hybridized carbons (Fsp3) is 0.778. The Hall–Kier alpha value is -0.340. The minimum Gasteiger partial charge on any atom is -0.373 e. The minimum absolute atomic E-state index is 0.429. The van der Waals surface area contributed by atoms with Crippen LogP contribution in [-0.4, -0.2) is 25.8 Å². The van der Waals surface area contributed by atoms with E-state index in [9.17, 15) is 0 Å². The van der Waals surface area contributed by atoms with Crippen LogP contribution in [0.4, 0.5) is 0 Å². The van der Waals surface area contributed by atoms with Gasteiger partial charge in [-0.1, -0.05) is 19.1 Å². The van der Waals surface area contributed by atoms with Gasteiger partial charge in [0.15, 0.2) is 0 Å². The molecule has 0 aromatic rings. The summed E-state index contributed by atoms with van der Waals surface area (Å²) in [4.78, 5) is 0. The summed E-state index contributed by atoms with van der Waals surface area (Å²) in [6, 6.07) is 0. The molecule has 1 unspecified atom stereocenters. The van der Waals surface area contributed by atoms with Gasteiger partial charge in [0.1, 0.15) is 0 Å². The molecule has 1 aliphatic rings. The van der Waals surface area contributed by atoms with E-state index in [0.29, 0.717) is 6.10 Å². The predicted octanol–water partition coefficient (Wildman–Crippen LogP) is 1.33. The summed E-state index contributed by atoms with van der Waals surface area (Å²) in [5.41, 5.74) is 1.19. The van der Waals surface area contributed by atoms with E-state index >= 15 is 0 Å². The van der Waals surface area contributed by atoms with Gasteiger partial charge in [0.05, 0.1) is 12.7 Å². The summed E-state index contributed by atoms with van der Waals surface area (Å²) in [6.07, 6.45) is 2.61. The molecule has 1 N–H and O–H groups in total. The first kappa shape index (κ1) is 8.75. The molecule has 2 nitrogen and oxygen atoms in total. The third-order valence-corrected chi connectivity index (χ3v) is 2.04. The second-order valence-corrected chi connectivity index (χ2v) is 3.03. The van der Waals surface area contributed by atoms with E-state index < -0.39 is 0 Å². The average Bonchev–Trinajstić information content (AvgIpc) is 2.52. The monoisotopic (exact) mass is 155 g/mol. The first-order valence-corrected chi connectivity index (χ1v) is 4.32. The largest absolute Gasteiger partial charge is 0.373 e. The van der Waals surface area contributed by atoms with Gasteiger partial charge in [-0.2, -0.15) is 0 Å². The van der Waals surface area contributed by atoms with E-state index in [4.69, 9.17) is 4.74 Å². The lowest BCUT2D eigenvalue weighted by Gasteiger charge is -2.10. The maximum atomic E-state index is 5.59. The quantitative estimate of drug-likeness (QED) is 0.618. The second-order valence-electron chi connectivity index (χ2n) is 3.03. The fourth-order valence-electron chi connectivity index (χ4n) is 1.11. The number of ether oxygens (including phenoxy) is 1. The molecule has 0 aromatic carbocycles. The third kappa shape index (κ3) is 3.04. The molecule has 0 saturated carbocycles. The van der Waals surface area contributed by atoms with E-state index in [2.05, 4.69) is 18.8 Å². The zero-order chi connectivity index (χ0) is 8.10. The molecule has 0 aliphatic carbocycles. The van der Waals surface area contributed by atoms with Crippen LogP contribution in [0.3, 0.4) is 0 Å². The molecule has 1 rings (SSSR count). The Balaban J connectivity index is 2.06. The molecule has 0 aromatic heterocycles. The standard InChI is InChI=1S/C9H17NO/c1-3-8(2)7-11-9-4-5-10-6-9/h9-10H,2-7H2,1H3. The Morgan fingerprint density at radius 2 is 2.55 bits per heavy atom. The van der Waals surface area contributed by atoms with E-state index in [0.717, 1.165) is 32.5 Å². The zero-order valence-electron chi connectivity index (χ0n) is 7.23. The van der Waals surface area contributed by atoms with Crippen LogP contribution in [0.5, 0.6) is 0 Å². The van der Waals surface area contributed by atoms with Gasteiger partial charge in [0.2, 0.25) is 0 Å². The Kier molecular flexibility index (Phi) is 3.60. The van der Waals surface area contributed by atoms with E-state index in [1.54, 1.807) is 0 Å². The highest BCUT2D eigenvalue weighted by molar-refractivity contribution is 4.92.